The van der Waals surface area contributed by atoms with Gasteiger partial charge in [0.1, 0.15) is 0 Å². The highest BCUT2D eigenvalue weighted by Gasteiger charge is 2.25. The average Bonchev–Trinajstić information content (AvgIpc) is 2.16. The minimum absolute atomic E-state index is 0.171. The number of nitrogens with zero attached hydrogens (tertiary/aromatic N) is 2. The van der Waals surface area contributed by atoms with Gasteiger partial charge in [0.2, 0.25) is 5.75 Å². The molecule has 0 bridgehead atoms. The lowest BCUT2D eigenvalue weighted by molar-refractivity contribution is -0.386. The van der Waals surface area contributed by atoms with Gasteiger partial charge in [0.25, 0.3) is 0 Å². The maximum Gasteiger partial charge on any atom is 0.344 e. The molecular weight excluding hydrogens is 192 g/mol. The first-order valence-corrected chi connectivity index (χ1v) is 3.47. The molecule has 1 N–H and O–H groups in total. The van der Waals surface area contributed by atoms with Crippen LogP contribution in [-0.2, 0) is 0 Å². The number of carboxylic acids is 1. The van der Waals surface area contributed by atoms with E-state index in [2.05, 4.69) is 9.72 Å². The largest absolute Gasteiger partial charge is 0.489 e. The summed E-state index contributed by atoms with van der Waals surface area (Å²) in [7, 11) is 1.20. The van der Waals surface area contributed by atoms with Gasteiger partial charge in [-0.05, 0) is 0 Å². The number of nitro groups is 1. The fourth-order valence-electron chi connectivity index (χ4n) is 0.929. The van der Waals surface area contributed by atoms with E-state index in [-0.39, 0.29) is 5.75 Å². The fraction of sp³-hybridized carbons (Fsp3) is 0.143. The van der Waals surface area contributed by atoms with E-state index < -0.39 is 22.1 Å². The molecule has 1 heterocycles. The average molecular weight is 198 g/mol. The van der Waals surface area contributed by atoms with Crippen LogP contribution in [0.1, 0.15) is 10.4 Å². The summed E-state index contributed by atoms with van der Waals surface area (Å²) in [5, 5.41) is 19.2. The van der Waals surface area contributed by atoms with E-state index in [0.29, 0.717) is 0 Å². The summed E-state index contributed by atoms with van der Waals surface area (Å²) in [6.45, 7) is 0. The molecule has 0 unspecified atom stereocenters. The minimum atomic E-state index is -1.41. The predicted octanol–water partition coefficient (Wildman–Crippen LogP) is 0.697. The van der Waals surface area contributed by atoms with Gasteiger partial charge in [-0.15, -0.1) is 0 Å². The molecule has 0 aliphatic heterocycles. The second-order valence-electron chi connectivity index (χ2n) is 2.30. The maximum atomic E-state index is 10.6. The van der Waals surface area contributed by atoms with Crippen LogP contribution in [0.5, 0.6) is 5.75 Å². The number of hydrogen-bond donors (Lipinski definition) is 1. The van der Waals surface area contributed by atoms with Crippen molar-refractivity contribution in [3.05, 3.63) is 28.1 Å². The molecule has 0 saturated heterocycles. The highest BCUT2D eigenvalue weighted by atomic mass is 16.6. The van der Waals surface area contributed by atoms with Crippen molar-refractivity contribution < 1.29 is 19.6 Å². The monoisotopic (exact) mass is 198 g/mol. The molecule has 0 spiro atoms. The predicted molar refractivity (Wildman–Crippen MR) is 44.4 cm³/mol. The summed E-state index contributed by atoms with van der Waals surface area (Å²) in [5.74, 6) is -1.59. The van der Waals surface area contributed by atoms with Gasteiger partial charge in [-0.3, -0.25) is 15.1 Å². The summed E-state index contributed by atoms with van der Waals surface area (Å²) in [6.07, 6.45) is 1.99. The summed E-state index contributed by atoms with van der Waals surface area (Å²) in [4.78, 5) is 23.8. The van der Waals surface area contributed by atoms with Crippen LogP contribution in [0.3, 0.4) is 0 Å². The normalized spacial score (nSPS) is 9.50. The van der Waals surface area contributed by atoms with Gasteiger partial charge in [0.15, 0.2) is 5.56 Å². The van der Waals surface area contributed by atoms with Crippen LogP contribution in [0, 0.1) is 10.1 Å². The third kappa shape index (κ3) is 1.60. The van der Waals surface area contributed by atoms with Crippen molar-refractivity contribution >= 4 is 11.7 Å². The number of ether oxygens (including phenoxy) is 1. The number of rotatable bonds is 3. The quantitative estimate of drug-likeness (QED) is 0.566. The van der Waals surface area contributed by atoms with E-state index in [1.165, 1.54) is 7.11 Å². The molecule has 1 aromatic heterocycles. The Morgan fingerprint density at radius 2 is 2.29 bits per heavy atom. The van der Waals surface area contributed by atoms with Crippen molar-refractivity contribution in [2.45, 2.75) is 0 Å². The van der Waals surface area contributed by atoms with Crippen LogP contribution in [0.2, 0.25) is 0 Å². The minimum Gasteiger partial charge on any atom is -0.489 e. The standard InChI is InChI=1S/C7H6N2O5/c1-14-5-3-8-2-4(7(10)11)6(5)9(12)13/h2-3H,1H3,(H,10,11). The van der Waals surface area contributed by atoms with Crippen molar-refractivity contribution in [2.75, 3.05) is 7.11 Å². The molecule has 7 heteroatoms. The number of carbonyl (C=O) groups is 1. The Labute approximate surface area is 78.1 Å². The van der Waals surface area contributed by atoms with Gasteiger partial charge in [-0.2, -0.15) is 0 Å². The molecule has 0 aliphatic rings. The van der Waals surface area contributed by atoms with E-state index in [4.69, 9.17) is 5.11 Å². The smallest absolute Gasteiger partial charge is 0.344 e. The Balaban J connectivity index is 3.43. The molecule has 0 radical (unpaired) electrons. The third-order valence-corrected chi connectivity index (χ3v) is 1.52. The first-order chi connectivity index (χ1) is 6.57. The number of pyridine rings is 1. The molecular formula is C7H6N2O5. The number of hydrogen-bond acceptors (Lipinski definition) is 5. The number of carboxylic acid groups (broad SMARTS) is 1. The molecule has 0 aliphatic carbocycles. The Kier molecular flexibility index (Phi) is 2.61. The van der Waals surface area contributed by atoms with E-state index >= 15 is 0 Å². The summed E-state index contributed by atoms with van der Waals surface area (Å²) < 4.78 is 4.63. The lowest BCUT2D eigenvalue weighted by atomic mass is 10.2. The zero-order valence-corrected chi connectivity index (χ0v) is 7.13. The summed E-state index contributed by atoms with van der Waals surface area (Å²) >= 11 is 0. The van der Waals surface area contributed by atoms with Crippen molar-refractivity contribution in [3.8, 4) is 5.75 Å². The lowest BCUT2D eigenvalue weighted by Gasteiger charge is -2.02. The van der Waals surface area contributed by atoms with E-state index in [1.807, 2.05) is 0 Å². The van der Waals surface area contributed by atoms with Gasteiger partial charge in [0.05, 0.1) is 18.2 Å². The Morgan fingerprint density at radius 3 is 2.71 bits per heavy atom. The van der Waals surface area contributed by atoms with Gasteiger partial charge in [-0.1, -0.05) is 0 Å². The van der Waals surface area contributed by atoms with Gasteiger partial charge < -0.3 is 9.84 Å². The van der Waals surface area contributed by atoms with Crippen molar-refractivity contribution in [1.82, 2.24) is 4.98 Å². The van der Waals surface area contributed by atoms with Gasteiger partial charge >= 0.3 is 11.7 Å². The molecule has 14 heavy (non-hydrogen) atoms. The van der Waals surface area contributed by atoms with Crippen molar-refractivity contribution in [1.29, 1.82) is 0 Å². The topological polar surface area (TPSA) is 103 Å². The fourth-order valence-corrected chi connectivity index (χ4v) is 0.929. The van der Waals surface area contributed by atoms with Crippen LogP contribution in [0.4, 0.5) is 5.69 Å². The summed E-state index contributed by atoms with van der Waals surface area (Å²) in [6, 6.07) is 0. The van der Waals surface area contributed by atoms with Crippen molar-refractivity contribution in [2.24, 2.45) is 0 Å². The molecule has 0 fully saturated rings. The molecule has 1 aromatic rings. The van der Waals surface area contributed by atoms with Crippen LogP contribution < -0.4 is 4.74 Å². The van der Waals surface area contributed by atoms with E-state index in [0.717, 1.165) is 12.4 Å². The lowest BCUT2D eigenvalue weighted by Crippen LogP contribution is -2.05. The number of methoxy groups -OCH3 is 1. The van der Waals surface area contributed by atoms with Crippen LogP contribution in [0.15, 0.2) is 12.4 Å². The second kappa shape index (κ2) is 3.69. The zero-order chi connectivity index (χ0) is 10.7. The molecule has 74 valence electrons. The Morgan fingerprint density at radius 1 is 1.64 bits per heavy atom. The summed E-state index contributed by atoms with van der Waals surface area (Å²) in [5.41, 5.74) is -1.08. The van der Waals surface area contributed by atoms with E-state index in [1.54, 1.807) is 0 Å². The van der Waals surface area contributed by atoms with Crippen molar-refractivity contribution in [3.63, 3.8) is 0 Å². The molecule has 0 saturated carbocycles. The first kappa shape index (κ1) is 9.90. The SMILES string of the molecule is COc1cncc(C(=O)O)c1[N+](=O)[O-]. The molecule has 1 rings (SSSR count). The highest BCUT2D eigenvalue weighted by Crippen LogP contribution is 2.28. The molecule has 0 amide bonds. The molecule has 0 aromatic carbocycles. The van der Waals surface area contributed by atoms with E-state index in [9.17, 15) is 14.9 Å². The zero-order valence-electron chi connectivity index (χ0n) is 7.13. The van der Waals surface area contributed by atoms with Gasteiger partial charge in [-0.25, -0.2) is 4.79 Å². The van der Waals surface area contributed by atoms with Crippen LogP contribution >= 0.6 is 0 Å². The molecule has 0 atom stereocenters. The second-order valence-corrected chi connectivity index (χ2v) is 2.30. The Bertz CT molecular complexity index is 390. The maximum absolute atomic E-state index is 10.6. The first-order valence-electron chi connectivity index (χ1n) is 3.47. The number of aromatic carboxylic acids is 1. The van der Waals surface area contributed by atoms with Crippen LogP contribution in [-0.4, -0.2) is 28.1 Å². The van der Waals surface area contributed by atoms with Crippen LogP contribution in [0.25, 0.3) is 0 Å². The third-order valence-electron chi connectivity index (χ3n) is 1.52. The Hall–Kier alpha value is -2.18. The molecule has 7 nitrogen and oxygen atoms in total. The number of aromatic nitrogens is 1. The highest BCUT2D eigenvalue weighted by molar-refractivity contribution is 5.93. The van der Waals surface area contributed by atoms with Gasteiger partial charge in [0, 0.05) is 6.20 Å².